The molecule has 120 valence electrons. The fraction of sp³-hybridized carbons (Fsp3) is 0.786. The molecule has 1 atom stereocenters. The van der Waals surface area contributed by atoms with E-state index in [0.717, 1.165) is 32.4 Å². The van der Waals surface area contributed by atoms with Crippen molar-refractivity contribution in [3.05, 3.63) is 12.4 Å². The van der Waals surface area contributed by atoms with Gasteiger partial charge in [-0.25, -0.2) is 13.1 Å². The predicted octanol–water partition coefficient (Wildman–Crippen LogP) is 1.35. The van der Waals surface area contributed by atoms with E-state index >= 15 is 0 Å². The third kappa shape index (κ3) is 4.52. The molecule has 1 aliphatic rings. The van der Waals surface area contributed by atoms with Gasteiger partial charge in [-0.2, -0.15) is 5.10 Å². The molecule has 1 aromatic heterocycles. The molecule has 0 bridgehead atoms. The molecule has 0 radical (unpaired) electrons. The molecule has 21 heavy (non-hydrogen) atoms. The zero-order chi connectivity index (χ0) is 15.3. The van der Waals surface area contributed by atoms with Crippen molar-refractivity contribution >= 4 is 10.0 Å². The summed E-state index contributed by atoms with van der Waals surface area (Å²) in [5, 5.41) is 7.39. The first-order valence-corrected chi connectivity index (χ1v) is 9.26. The Labute approximate surface area is 127 Å². The molecule has 0 amide bonds. The van der Waals surface area contributed by atoms with Crippen molar-refractivity contribution in [3.63, 3.8) is 0 Å². The zero-order valence-electron chi connectivity index (χ0n) is 12.9. The maximum absolute atomic E-state index is 12.3. The summed E-state index contributed by atoms with van der Waals surface area (Å²) in [6.07, 6.45) is 7.55. The summed E-state index contributed by atoms with van der Waals surface area (Å²) < 4.78 is 29.0. The number of sulfonamides is 1. The Hall–Kier alpha value is -0.920. The van der Waals surface area contributed by atoms with Crippen LogP contribution < -0.4 is 10.0 Å². The molecule has 1 unspecified atom stereocenters. The maximum Gasteiger partial charge on any atom is 0.243 e. The average Bonchev–Trinajstić information content (AvgIpc) is 2.81. The lowest BCUT2D eigenvalue weighted by molar-refractivity contribution is 0.260. The van der Waals surface area contributed by atoms with Crippen LogP contribution in [-0.2, 0) is 16.6 Å². The topological polar surface area (TPSA) is 76.0 Å². The lowest BCUT2D eigenvalue weighted by Crippen LogP contribution is -2.40. The smallest absolute Gasteiger partial charge is 0.243 e. The molecular weight excluding hydrogens is 288 g/mol. The van der Waals surface area contributed by atoms with E-state index in [1.54, 1.807) is 10.9 Å². The van der Waals surface area contributed by atoms with Gasteiger partial charge >= 0.3 is 0 Å². The Morgan fingerprint density at radius 2 is 2.19 bits per heavy atom. The number of nitrogens with one attached hydrogen (secondary N) is 2. The highest BCUT2D eigenvalue weighted by Gasteiger charge is 2.28. The van der Waals surface area contributed by atoms with E-state index in [-0.39, 0.29) is 10.9 Å². The summed E-state index contributed by atoms with van der Waals surface area (Å²) in [6, 6.07) is -0.00155. The second kappa shape index (κ2) is 7.38. The molecule has 6 nitrogen and oxygen atoms in total. The monoisotopic (exact) mass is 314 g/mol. The fourth-order valence-electron chi connectivity index (χ4n) is 2.45. The van der Waals surface area contributed by atoms with Crippen molar-refractivity contribution in [1.29, 1.82) is 0 Å². The van der Waals surface area contributed by atoms with Gasteiger partial charge in [0.15, 0.2) is 0 Å². The molecular formula is C14H26N4O2S. The molecule has 1 aliphatic carbocycles. The van der Waals surface area contributed by atoms with E-state index in [2.05, 4.69) is 22.1 Å². The van der Waals surface area contributed by atoms with E-state index in [4.69, 9.17) is 0 Å². The van der Waals surface area contributed by atoms with E-state index < -0.39 is 10.0 Å². The fourth-order valence-corrected chi connectivity index (χ4v) is 3.71. The summed E-state index contributed by atoms with van der Waals surface area (Å²) in [7, 11) is -3.45. The van der Waals surface area contributed by atoms with Crippen molar-refractivity contribution in [1.82, 2.24) is 19.8 Å². The molecule has 7 heteroatoms. The third-order valence-electron chi connectivity index (χ3n) is 4.06. The van der Waals surface area contributed by atoms with Crippen LogP contribution in [0.1, 0.15) is 39.5 Å². The van der Waals surface area contributed by atoms with Gasteiger partial charge in [-0.15, -0.1) is 0 Å². The molecule has 2 rings (SSSR count). The van der Waals surface area contributed by atoms with Gasteiger partial charge in [-0.1, -0.05) is 13.3 Å². The Morgan fingerprint density at radius 1 is 1.43 bits per heavy atom. The molecule has 2 N–H and O–H groups in total. The second-order valence-electron chi connectivity index (χ2n) is 5.79. The lowest BCUT2D eigenvalue weighted by atomic mass is 9.81. The van der Waals surface area contributed by atoms with E-state index in [9.17, 15) is 8.42 Å². The Morgan fingerprint density at radius 3 is 2.81 bits per heavy atom. The minimum atomic E-state index is -3.45. The van der Waals surface area contributed by atoms with Crippen LogP contribution in [0.4, 0.5) is 0 Å². The van der Waals surface area contributed by atoms with Crippen molar-refractivity contribution in [2.24, 2.45) is 5.92 Å². The van der Waals surface area contributed by atoms with Crippen molar-refractivity contribution in [2.75, 3.05) is 13.1 Å². The molecule has 0 spiro atoms. The molecule has 0 saturated heterocycles. The number of hydrogen-bond acceptors (Lipinski definition) is 4. The Kier molecular flexibility index (Phi) is 5.78. The number of hydrogen-bond donors (Lipinski definition) is 2. The maximum atomic E-state index is 12.3. The van der Waals surface area contributed by atoms with Gasteiger partial charge in [0.1, 0.15) is 4.90 Å². The highest BCUT2D eigenvalue weighted by Crippen LogP contribution is 2.30. The Bertz CT molecular complexity index is 537. The normalized spacial score (nSPS) is 17.6. The van der Waals surface area contributed by atoms with Gasteiger partial charge in [0.05, 0.1) is 12.7 Å². The van der Waals surface area contributed by atoms with Gasteiger partial charge in [-0.05, 0) is 38.6 Å². The predicted molar refractivity (Wildman–Crippen MR) is 82.5 cm³/mol. The van der Waals surface area contributed by atoms with Crippen LogP contribution in [0.3, 0.4) is 0 Å². The average molecular weight is 314 g/mol. The molecule has 1 saturated carbocycles. The lowest BCUT2D eigenvalue weighted by Gasteiger charge is -2.31. The highest BCUT2D eigenvalue weighted by atomic mass is 32.2. The molecule has 1 fully saturated rings. The Balaban J connectivity index is 1.89. The molecule has 1 heterocycles. The summed E-state index contributed by atoms with van der Waals surface area (Å²) in [6.45, 7) is 6.49. The van der Waals surface area contributed by atoms with E-state index in [1.165, 1.54) is 12.6 Å². The third-order valence-corrected chi connectivity index (χ3v) is 5.58. The first-order chi connectivity index (χ1) is 10.0. The first-order valence-electron chi connectivity index (χ1n) is 7.78. The van der Waals surface area contributed by atoms with Crippen LogP contribution in [-0.4, -0.2) is 37.3 Å². The zero-order valence-corrected chi connectivity index (χ0v) is 13.7. The number of aromatic nitrogens is 2. The van der Waals surface area contributed by atoms with Crippen molar-refractivity contribution < 1.29 is 8.42 Å². The standard InChI is InChI=1S/C14H26N4O2S/c1-3-7-15-8-9-18-11-14(10-16-18)21(19,20)17-12(2)13-5-4-6-13/h10-13,15,17H,3-9H2,1-2H3. The second-order valence-corrected chi connectivity index (χ2v) is 7.50. The van der Waals surface area contributed by atoms with Crippen LogP contribution in [0.5, 0.6) is 0 Å². The van der Waals surface area contributed by atoms with Crippen LogP contribution in [0, 0.1) is 5.92 Å². The quantitative estimate of drug-likeness (QED) is 0.675. The summed E-state index contributed by atoms with van der Waals surface area (Å²) in [5.74, 6) is 0.480. The largest absolute Gasteiger partial charge is 0.315 e. The van der Waals surface area contributed by atoms with Crippen LogP contribution in [0.2, 0.25) is 0 Å². The molecule has 0 aromatic carbocycles. The SMILES string of the molecule is CCCNCCn1cc(S(=O)(=O)NC(C)C2CCC2)cn1. The minimum Gasteiger partial charge on any atom is -0.315 e. The van der Waals surface area contributed by atoms with Crippen LogP contribution in [0.15, 0.2) is 17.3 Å². The van der Waals surface area contributed by atoms with Crippen LogP contribution >= 0.6 is 0 Å². The van der Waals surface area contributed by atoms with Gasteiger partial charge in [0.25, 0.3) is 0 Å². The van der Waals surface area contributed by atoms with E-state index in [1.807, 2.05) is 6.92 Å². The molecule has 1 aromatic rings. The van der Waals surface area contributed by atoms with Crippen molar-refractivity contribution in [2.45, 2.75) is 57.0 Å². The first kappa shape index (κ1) is 16.5. The van der Waals surface area contributed by atoms with Gasteiger partial charge in [0.2, 0.25) is 10.0 Å². The summed E-state index contributed by atoms with van der Waals surface area (Å²) >= 11 is 0. The highest BCUT2D eigenvalue weighted by molar-refractivity contribution is 7.89. The van der Waals surface area contributed by atoms with Crippen LogP contribution in [0.25, 0.3) is 0 Å². The minimum absolute atomic E-state index is 0.00155. The summed E-state index contributed by atoms with van der Waals surface area (Å²) in [4.78, 5) is 0.254. The van der Waals surface area contributed by atoms with E-state index in [0.29, 0.717) is 12.5 Å². The number of nitrogens with zero attached hydrogens (tertiary/aromatic N) is 2. The van der Waals surface area contributed by atoms with Crippen molar-refractivity contribution in [3.8, 4) is 0 Å². The van der Waals surface area contributed by atoms with Gasteiger partial charge < -0.3 is 5.32 Å². The number of rotatable bonds is 9. The van der Waals surface area contributed by atoms with Gasteiger partial charge in [-0.3, -0.25) is 4.68 Å². The van der Waals surface area contributed by atoms with Gasteiger partial charge in [0, 0.05) is 18.8 Å². The molecule has 0 aliphatic heterocycles. The summed E-state index contributed by atoms with van der Waals surface area (Å²) in [5.41, 5.74) is 0.